The molecule has 2 atom stereocenters. The third kappa shape index (κ3) is 2.79. The highest BCUT2D eigenvalue weighted by molar-refractivity contribution is 6.11. The van der Waals surface area contributed by atoms with E-state index in [0.717, 1.165) is 22.3 Å². The van der Waals surface area contributed by atoms with Crippen molar-refractivity contribution in [2.45, 2.75) is 105 Å². The summed E-state index contributed by atoms with van der Waals surface area (Å²) < 4.78 is 0. The van der Waals surface area contributed by atoms with Crippen LogP contribution in [0.25, 0.3) is 0 Å². The van der Waals surface area contributed by atoms with Gasteiger partial charge in [0.15, 0.2) is 5.78 Å². The van der Waals surface area contributed by atoms with E-state index >= 15 is 0 Å². The van der Waals surface area contributed by atoms with Crippen LogP contribution in [-0.2, 0) is 21.7 Å². The molecule has 2 aromatic carbocycles. The molecule has 32 heavy (non-hydrogen) atoms. The molecule has 4 rings (SSSR count). The second-order valence-corrected chi connectivity index (χ2v) is 13.1. The third-order valence-corrected chi connectivity index (χ3v) is 10.3. The first-order valence-corrected chi connectivity index (χ1v) is 12.3. The number of benzene rings is 2. The average molecular weight is 431 g/mol. The van der Waals surface area contributed by atoms with Crippen LogP contribution in [0, 0.1) is 25.7 Å². The smallest absolute Gasteiger partial charge is 0.193 e. The van der Waals surface area contributed by atoms with Gasteiger partial charge >= 0.3 is 0 Å². The van der Waals surface area contributed by atoms with Gasteiger partial charge in [0.2, 0.25) is 0 Å². The molecule has 0 saturated heterocycles. The van der Waals surface area contributed by atoms with E-state index in [9.17, 15) is 4.79 Å². The standard InChI is InChI=1S/C31H42O/c1-17-13-23-25(30(9,10)19(3)28(23,5)6)15-21(17)27(32)22-16-26-24(14-18(22)2)29(7,8)20(4)31(26,11)12/h13-16,19-20H,1-12H3. The Morgan fingerprint density at radius 3 is 1.09 bits per heavy atom. The topological polar surface area (TPSA) is 17.1 Å². The molecule has 0 aromatic heterocycles. The van der Waals surface area contributed by atoms with Crippen LogP contribution >= 0.6 is 0 Å². The number of carbonyl (C=O) groups excluding carboxylic acids is 1. The molecule has 0 radical (unpaired) electrons. The van der Waals surface area contributed by atoms with Gasteiger partial charge in [-0.15, -0.1) is 0 Å². The SMILES string of the molecule is Cc1cc2c(cc1C(=O)c1cc3c(cc1C)C(C)(C)C(C)C3(C)C)C(C)(C)C(C)C2(C)C. The summed E-state index contributed by atoms with van der Waals surface area (Å²) in [6.45, 7) is 27.7. The van der Waals surface area contributed by atoms with Gasteiger partial charge in [-0.2, -0.15) is 0 Å². The summed E-state index contributed by atoms with van der Waals surface area (Å²) in [5.74, 6) is 1.20. The first-order valence-electron chi connectivity index (χ1n) is 12.3. The van der Waals surface area contributed by atoms with Crippen molar-refractivity contribution in [2.75, 3.05) is 0 Å². The van der Waals surface area contributed by atoms with E-state index in [1.807, 2.05) is 0 Å². The fraction of sp³-hybridized carbons (Fsp3) is 0.581. The molecule has 2 aliphatic rings. The molecule has 0 fully saturated rings. The lowest BCUT2D eigenvalue weighted by Gasteiger charge is -2.32. The van der Waals surface area contributed by atoms with E-state index in [2.05, 4.69) is 107 Å². The van der Waals surface area contributed by atoms with Crippen LogP contribution in [0.3, 0.4) is 0 Å². The van der Waals surface area contributed by atoms with Crippen LogP contribution in [0.4, 0.5) is 0 Å². The molecule has 0 saturated carbocycles. The van der Waals surface area contributed by atoms with Crippen molar-refractivity contribution in [3.8, 4) is 0 Å². The van der Waals surface area contributed by atoms with Crippen molar-refractivity contribution in [3.05, 3.63) is 68.8 Å². The first-order chi connectivity index (χ1) is 14.5. The Labute approximate surface area is 196 Å². The van der Waals surface area contributed by atoms with Crippen molar-refractivity contribution in [1.29, 1.82) is 0 Å². The van der Waals surface area contributed by atoms with E-state index in [1.165, 1.54) is 22.3 Å². The molecule has 0 aliphatic heterocycles. The minimum absolute atomic E-state index is 0.0516. The van der Waals surface area contributed by atoms with Gasteiger partial charge < -0.3 is 0 Å². The monoisotopic (exact) mass is 430 g/mol. The van der Waals surface area contributed by atoms with E-state index in [4.69, 9.17) is 0 Å². The van der Waals surface area contributed by atoms with Crippen LogP contribution in [0.1, 0.15) is 119 Å². The molecule has 0 spiro atoms. The lowest BCUT2D eigenvalue weighted by molar-refractivity contribution is 0.103. The number of ketones is 1. The Hall–Kier alpha value is -1.89. The molecule has 2 aliphatic carbocycles. The number of carbonyl (C=O) groups is 1. The zero-order valence-corrected chi connectivity index (χ0v) is 22.4. The Kier molecular flexibility index (Phi) is 4.79. The zero-order chi connectivity index (χ0) is 24.2. The molecule has 0 N–H and O–H groups in total. The minimum atomic E-state index is 0.0516. The lowest BCUT2D eigenvalue weighted by atomic mass is 9.71. The summed E-state index contributed by atoms with van der Waals surface area (Å²) >= 11 is 0. The van der Waals surface area contributed by atoms with Crippen LogP contribution in [0.2, 0.25) is 0 Å². The van der Waals surface area contributed by atoms with Gasteiger partial charge in [-0.1, -0.05) is 81.4 Å². The van der Waals surface area contributed by atoms with E-state index < -0.39 is 0 Å². The Balaban J connectivity index is 1.89. The number of fused-ring (bicyclic) bond motifs is 2. The maximum atomic E-state index is 14.0. The van der Waals surface area contributed by atoms with Crippen LogP contribution < -0.4 is 0 Å². The highest BCUT2D eigenvalue weighted by Crippen LogP contribution is 2.55. The summed E-state index contributed by atoms with van der Waals surface area (Å²) in [4.78, 5) is 14.0. The fourth-order valence-corrected chi connectivity index (χ4v) is 6.92. The highest BCUT2D eigenvalue weighted by Gasteiger charge is 2.50. The minimum Gasteiger partial charge on any atom is -0.289 e. The van der Waals surface area contributed by atoms with Gasteiger partial charge in [0.25, 0.3) is 0 Å². The Bertz CT molecular complexity index is 1050. The number of hydrogen-bond donors (Lipinski definition) is 0. The predicted molar refractivity (Wildman–Crippen MR) is 136 cm³/mol. The highest BCUT2D eigenvalue weighted by atomic mass is 16.1. The van der Waals surface area contributed by atoms with Gasteiger partial charge in [-0.25, -0.2) is 0 Å². The largest absolute Gasteiger partial charge is 0.289 e. The normalized spacial score (nSPS) is 26.0. The summed E-state index contributed by atoms with van der Waals surface area (Å²) in [5.41, 5.74) is 9.76. The lowest BCUT2D eigenvalue weighted by Crippen LogP contribution is -2.30. The number of rotatable bonds is 2. The van der Waals surface area contributed by atoms with Crippen molar-refractivity contribution < 1.29 is 4.79 Å². The van der Waals surface area contributed by atoms with Gasteiger partial charge in [0.1, 0.15) is 0 Å². The second-order valence-electron chi connectivity index (χ2n) is 13.1. The predicted octanol–water partition coefficient (Wildman–Crippen LogP) is 7.94. The summed E-state index contributed by atoms with van der Waals surface area (Å²) in [7, 11) is 0. The van der Waals surface area contributed by atoms with Crippen molar-refractivity contribution >= 4 is 5.78 Å². The summed E-state index contributed by atoms with van der Waals surface area (Å²) in [5, 5.41) is 0. The van der Waals surface area contributed by atoms with Crippen molar-refractivity contribution in [3.63, 3.8) is 0 Å². The van der Waals surface area contributed by atoms with E-state index in [1.54, 1.807) is 0 Å². The Morgan fingerprint density at radius 2 is 0.812 bits per heavy atom. The van der Waals surface area contributed by atoms with Gasteiger partial charge in [-0.05, 0) is 92.9 Å². The number of hydrogen-bond acceptors (Lipinski definition) is 1. The van der Waals surface area contributed by atoms with Gasteiger partial charge in [0, 0.05) is 11.1 Å². The molecule has 0 bridgehead atoms. The molecular weight excluding hydrogens is 388 g/mol. The fourth-order valence-electron chi connectivity index (χ4n) is 6.92. The molecule has 0 amide bonds. The van der Waals surface area contributed by atoms with Crippen LogP contribution in [0.15, 0.2) is 24.3 Å². The maximum absolute atomic E-state index is 14.0. The average Bonchev–Trinajstić information content (AvgIpc) is 2.91. The summed E-state index contributed by atoms with van der Waals surface area (Å²) in [6.07, 6.45) is 0. The molecule has 2 aromatic rings. The first kappa shape index (κ1) is 23.3. The van der Waals surface area contributed by atoms with Gasteiger partial charge in [-0.3, -0.25) is 4.79 Å². The molecule has 172 valence electrons. The number of aryl methyl sites for hydroxylation is 2. The maximum Gasteiger partial charge on any atom is 0.193 e. The molecule has 0 heterocycles. The second kappa shape index (κ2) is 6.58. The van der Waals surface area contributed by atoms with E-state index in [0.29, 0.717) is 11.8 Å². The van der Waals surface area contributed by atoms with Crippen molar-refractivity contribution in [2.24, 2.45) is 11.8 Å². The molecule has 1 heteroatoms. The molecule has 2 unspecified atom stereocenters. The summed E-state index contributed by atoms with van der Waals surface area (Å²) in [6, 6.07) is 9.04. The zero-order valence-electron chi connectivity index (χ0n) is 22.4. The quantitative estimate of drug-likeness (QED) is 0.442. The van der Waals surface area contributed by atoms with Crippen molar-refractivity contribution in [1.82, 2.24) is 0 Å². The van der Waals surface area contributed by atoms with E-state index in [-0.39, 0.29) is 27.4 Å². The van der Waals surface area contributed by atoms with Crippen LogP contribution in [0.5, 0.6) is 0 Å². The van der Waals surface area contributed by atoms with Gasteiger partial charge in [0.05, 0.1) is 0 Å². The van der Waals surface area contributed by atoms with Crippen LogP contribution in [-0.4, -0.2) is 5.78 Å². The third-order valence-electron chi connectivity index (χ3n) is 10.3. The Morgan fingerprint density at radius 1 is 0.562 bits per heavy atom. The molecular formula is C31H42O. The molecule has 1 nitrogen and oxygen atoms in total.